The zero-order chi connectivity index (χ0) is 21.8. The van der Waals surface area contributed by atoms with Gasteiger partial charge in [-0.3, -0.25) is 0 Å². The minimum atomic E-state index is -1.49. The lowest BCUT2D eigenvalue weighted by Gasteiger charge is -2.59. The molecule has 10 atom stereocenters. The average molecular weight is 419 g/mol. The van der Waals surface area contributed by atoms with Gasteiger partial charge in [-0.2, -0.15) is 0 Å². The van der Waals surface area contributed by atoms with Crippen molar-refractivity contribution >= 4 is 0 Å². The predicted molar refractivity (Wildman–Crippen MR) is 104 cm³/mol. The molecule has 3 aliphatic rings. The van der Waals surface area contributed by atoms with Gasteiger partial charge >= 0.3 is 0 Å². The summed E-state index contributed by atoms with van der Waals surface area (Å²) >= 11 is 0. The Balaban J connectivity index is 1.86. The van der Waals surface area contributed by atoms with Gasteiger partial charge in [-0.25, -0.2) is 0 Å². The van der Waals surface area contributed by atoms with Crippen LogP contribution >= 0.6 is 0 Å². The maximum atomic E-state index is 10.8. The molecule has 3 fully saturated rings. The fraction of sp³-hybridized carbons (Fsp3) is 1.00. The third-order valence-electron chi connectivity index (χ3n) is 7.99. The highest BCUT2D eigenvalue weighted by Crippen LogP contribution is 2.58. The van der Waals surface area contributed by atoms with Crippen molar-refractivity contribution in [3.05, 3.63) is 0 Å². The molecule has 29 heavy (non-hydrogen) atoms. The maximum absolute atomic E-state index is 10.8. The molecular formula is C21H38O8. The van der Waals surface area contributed by atoms with Gasteiger partial charge in [0.05, 0.1) is 23.9 Å². The van der Waals surface area contributed by atoms with Gasteiger partial charge in [0.2, 0.25) is 0 Å². The van der Waals surface area contributed by atoms with E-state index in [9.17, 15) is 30.6 Å². The van der Waals surface area contributed by atoms with Crippen molar-refractivity contribution in [1.82, 2.24) is 0 Å². The minimum Gasteiger partial charge on any atom is -0.394 e. The summed E-state index contributed by atoms with van der Waals surface area (Å²) in [5.41, 5.74) is -2.03. The molecular weight excluding hydrogens is 380 g/mol. The second kappa shape index (κ2) is 7.98. The smallest absolute Gasteiger partial charge is 0.187 e. The molecule has 0 amide bonds. The second-order valence-electron chi connectivity index (χ2n) is 10.4. The van der Waals surface area contributed by atoms with Gasteiger partial charge in [0, 0.05) is 0 Å². The topological polar surface area (TPSA) is 140 Å². The third kappa shape index (κ3) is 4.11. The standard InChI is InChI=1S/C21H38O8/c1-19(2,27)11-5-7-20(3)13(9-11)21(4,8-6-14(20)23)29-18-17(26)16(25)15(24)12(10-22)28-18/h11-18,22-27H,5-10H2,1-4H3/t11-,12+,13?,14-,15+,16-,17+,18-,20-,21-/m0/s1. The summed E-state index contributed by atoms with van der Waals surface area (Å²) < 4.78 is 11.9. The van der Waals surface area contributed by atoms with Crippen LogP contribution in [0.4, 0.5) is 0 Å². The predicted octanol–water partition coefficient (Wildman–Crippen LogP) is -0.0902. The van der Waals surface area contributed by atoms with Crippen molar-refractivity contribution in [2.45, 2.75) is 108 Å². The van der Waals surface area contributed by atoms with E-state index in [0.717, 1.165) is 12.8 Å². The van der Waals surface area contributed by atoms with Crippen molar-refractivity contribution in [3.63, 3.8) is 0 Å². The highest BCUT2D eigenvalue weighted by molar-refractivity contribution is 5.08. The molecule has 1 saturated heterocycles. The summed E-state index contributed by atoms with van der Waals surface area (Å²) in [6.07, 6.45) is -3.83. The second-order valence-corrected chi connectivity index (χ2v) is 10.4. The van der Waals surface area contributed by atoms with Crippen LogP contribution in [0.1, 0.15) is 59.8 Å². The lowest BCUT2D eigenvalue weighted by atomic mass is 9.51. The first kappa shape index (κ1) is 23.3. The first-order valence-corrected chi connectivity index (χ1v) is 10.7. The number of ether oxygens (including phenoxy) is 2. The molecule has 8 heteroatoms. The first-order valence-electron chi connectivity index (χ1n) is 10.7. The Kier molecular flexibility index (Phi) is 6.43. The van der Waals surface area contributed by atoms with E-state index in [4.69, 9.17) is 9.47 Å². The van der Waals surface area contributed by atoms with Crippen LogP contribution in [0.2, 0.25) is 0 Å². The Morgan fingerprint density at radius 2 is 1.66 bits per heavy atom. The van der Waals surface area contributed by atoms with Crippen LogP contribution in [0.25, 0.3) is 0 Å². The van der Waals surface area contributed by atoms with Crippen LogP contribution in [0.3, 0.4) is 0 Å². The molecule has 2 aliphatic carbocycles. The van der Waals surface area contributed by atoms with Gasteiger partial charge in [0.25, 0.3) is 0 Å². The van der Waals surface area contributed by atoms with E-state index in [0.29, 0.717) is 19.3 Å². The summed E-state index contributed by atoms with van der Waals surface area (Å²) in [5.74, 6) is -0.0557. The van der Waals surface area contributed by atoms with Crippen molar-refractivity contribution < 1.29 is 40.1 Å². The molecule has 0 aromatic rings. The van der Waals surface area contributed by atoms with Crippen LogP contribution in [0.15, 0.2) is 0 Å². The number of hydrogen-bond acceptors (Lipinski definition) is 8. The van der Waals surface area contributed by atoms with Gasteiger partial charge in [-0.05, 0) is 70.1 Å². The normalized spacial score (nSPS) is 51.5. The SMILES string of the molecule is CC(C)(O)[C@H]1CC[C@@]2(C)C(C1)[C@@](C)(O[C@@H]1O[C@H](CO)[C@@H](O)[C@H](O)[C@H]1O)CC[C@@H]2O. The van der Waals surface area contributed by atoms with Crippen molar-refractivity contribution in [1.29, 1.82) is 0 Å². The summed E-state index contributed by atoms with van der Waals surface area (Å²) in [5, 5.41) is 61.4. The maximum Gasteiger partial charge on any atom is 0.187 e. The Morgan fingerprint density at radius 1 is 1.00 bits per heavy atom. The molecule has 1 heterocycles. The fourth-order valence-electron chi connectivity index (χ4n) is 5.82. The Hall–Kier alpha value is -0.320. The molecule has 170 valence electrons. The zero-order valence-electron chi connectivity index (χ0n) is 17.9. The van der Waals surface area contributed by atoms with Crippen molar-refractivity contribution in [2.24, 2.45) is 17.3 Å². The van der Waals surface area contributed by atoms with E-state index >= 15 is 0 Å². The van der Waals surface area contributed by atoms with Crippen LogP contribution < -0.4 is 0 Å². The van der Waals surface area contributed by atoms with Gasteiger partial charge < -0.3 is 40.1 Å². The molecule has 1 aliphatic heterocycles. The highest BCUT2D eigenvalue weighted by Gasteiger charge is 2.59. The highest BCUT2D eigenvalue weighted by atomic mass is 16.7. The quantitative estimate of drug-likeness (QED) is 0.372. The van der Waals surface area contributed by atoms with E-state index < -0.39 is 60.0 Å². The number of rotatable bonds is 4. The summed E-state index contributed by atoms with van der Waals surface area (Å²) in [6.45, 7) is 7.07. The lowest BCUT2D eigenvalue weighted by molar-refractivity contribution is -0.345. The van der Waals surface area contributed by atoms with Gasteiger partial charge in [0.1, 0.15) is 24.4 Å². The number of hydrogen-bond donors (Lipinski definition) is 6. The van der Waals surface area contributed by atoms with E-state index in [1.807, 2.05) is 6.92 Å². The third-order valence-corrected chi connectivity index (χ3v) is 7.99. The van der Waals surface area contributed by atoms with E-state index in [-0.39, 0.29) is 11.8 Å². The van der Waals surface area contributed by atoms with Crippen LogP contribution in [0.5, 0.6) is 0 Å². The fourth-order valence-corrected chi connectivity index (χ4v) is 5.82. The largest absolute Gasteiger partial charge is 0.394 e. The molecule has 1 unspecified atom stereocenters. The van der Waals surface area contributed by atoms with E-state index in [1.165, 1.54) is 0 Å². The van der Waals surface area contributed by atoms with Gasteiger partial charge in [-0.1, -0.05) is 6.92 Å². The lowest BCUT2D eigenvalue weighted by Crippen LogP contribution is -2.64. The molecule has 3 rings (SSSR count). The minimum absolute atomic E-state index is 0.0450. The molecule has 0 aromatic carbocycles. The molecule has 8 nitrogen and oxygen atoms in total. The summed E-state index contributed by atoms with van der Waals surface area (Å²) in [7, 11) is 0. The average Bonchev–Trinajstić information content (AvgIpc) is 2.65. The van der Waals surface area contributed by atoms with Crippen LogP contribution in [-0.4, -0.2) is 85.3 Å². The summed E-state index contributed by atoms with van der Waals surface area (Å²) in [6, 6.07) is 0. The van der Waals surface area contributed by atoms with E-state index in [1.54, 1.807) is 13.8 Å². The van der Waals surface area contributed by atoms with Gasteiger partial charge in [-0.15, -0.1) is 0 Å². The van der Waals surface area contributed by atoms with Crippen molar-refractivity contribution in [2.75, 3.05) is 6.61 Å². The van der Waals surface area contributed by atoms with E-state index in [2.05, 4.69) is 6.92 Å². The Labute approximate surface area is 172 Å². The molecule has 2 saturated carbocycles. The molecule has 0 aromatic heterocycles. The summed E-state index contributed by atoms with van der Waals surface area (Å²) in [4.78, 5) is 0. The molecule has 6 N–H and O–H groups in total. The first-order chi connectivity index (χ1) is 13.3. The molecule has 0 spiro atoms. The monoisotopic (exact) mass is 418 g/mol. The van der Waals surface area contributed by atoms with Crippen LogP contribution in [0, 0.1) is 17.3 Å². The number of aliphatic hydroxyl groups excluding tert-OH is 5. The van der Waals surface area contributed by atoms with Crippen LogP contribution in [-0.2, 0) is 9.47 Å². The Morgan fingerprint density at radius 3 is 2.24 bits per heavy atom. The molecule has 0 bridgehead atoms. The molecule has 0 radical (unpaired) electrons. The zero-order valence-corrected chi connectivity index (χ0v) is 17.9. The number of fused-ring (bicyclic) bond motifs is 1. The van der Waals surface area contributed by atoms with Crippen molar-refractivity contribution in [3.8, 4) is 0 Å². The van der Waals surface area contributed by atoms with Gasteiger partial charge in [0.15, 0.2) is 6.29 Å². The number of aliphatic hydroxyl groups is 6. The Bertz CT molecular complexity index is 578.